The zero-order valence-electron chi connectivity index (χ0n) is 9.27. The van der Waals surface area contributed by atoms with Crippen LogP contribution in [0.2, 0.25) is 0 Å². The molecule has 0 saturated heterocycles. The summed E-state index contributed by atoms with van der Waals surface area (Å²) < 4.78 is 1.92. The van der Waals surface area contributed by atoms with Gasteiger partial charge in [0, 0.05) is 31.4 Å². The average molecular weight is 217 g/mol. The van der Waals surface area contributed by atoms with Gasteiger partial charge in [-0.15, -0.1) is 0 Å². The molecule has 1 atom stereocenters. The SMILES string of the molecule is Cn1cnc(-c2nc3c([nH]2)CC(N)CC3)c1. The molecule has 5 nitrogen and oxygen atoms in total. The van der Waals surface area contributed by atoms with Gasteiger partial charge in [-0.05, 0) is 12.8 Å². The van der Waals surface area contributed by atoms with E-state index < -0.39 is 0 Å². The quantitative estimate of drug-likeness (QED) is 0.735. The van der Waals surface area contributed by atoms with Crippen molar-refractivity contribution in [2.45, 2.75) is 25.3 Å². The van der Waals surface area contributed by atoms with Crippen molar-refractivity contribution < 1.29 is 0 Å². The lowest BCUT2D eigenvalue weighted by atomic mass is 9.97. The normalized spacial score (nSPS) is 19.8. The summed E-state index contributed by atoms with van der Waals surface area (Å²) in [4.78, 5) is 12.2. The second kappa shape index (κ2) is 3.45. The van der Waals surface area contributed by atoms with E-state index >= 15 is 0 Å². The Morgan fingerprint density at radius 3 is 3.19 bits per heavy atom. The molecule has 1 aliphatic carbocycles. The molecule has 0 radical (unpaired) electrons. The third-order valence-corrected chi connectivity index (χ3v) is 3.03. The molecular weight excluding hydrogens is 202 g/mol. The number of hydrogen-bond acceptors (Lipinski definition) is 3. The van der Waals surface area contributed by atoms with Gasteiger partial charge in [0.05, 0.1) is 12.0 Å². The van der Waals surface area contributed by atoms with E-state index in [4.69, 9.17) is 5.73 Å². The van der Waals surface area contributed by atoms with Gasteiger partial charge in [0.15, 0.2) is 5.82 Å². The number of imidazole rings is 2. The van der Waals surface area contributed by atoms with Gasteiger partial charge in [0.1, 0.15) is 5.69 Å². The van der Waals surface area contributed by atoms with Crippen molar-refractivity contribution >= 4 is 0 Å². The lowest BCUT2D eigenvalue weighted by Crippen LogP contribution is -2.27. The van der Waals surface area contributed by atoms with Crippen molar-refractivity contribution in [1.82, 2.24) is 19.5 Å². The molecule has 0 saturated carbocycles. The fourth-order valence-corrected chi connectivity index (χ4v) is 2.16. The van der Waals surface area contributed by atoms with Gasteiger partial charge in [-0.25, -0.2) is 9.97 Å². The molecule has 0 aliphatic heterocycles. The zero-order chi connectivity index (χ0) is 11.1. The zero-order valence-corrected chi connectivity index (χ0v) is 9.27. The third kappa shape index (κ3) is 1.53. The molecule has 2 heterocycles. The molecule has 3 N–H and O–H groups in total. The summed E-state index contributed by atoms with van der Waals surface area (Å²) in [6, 6.07) is 0.268. The highest BCUT2D eigenvalue weighted by molar-refractivity contribution is 5.49. The summed E-state index contributed by atoms with van der Waals surface area (Å²) >= 11 is 0. The van der Waals surface area contributed by atoms with Gasteiger partial charge < -0.3 is 15.3 Å². The van der Waals surface area contributed by atoms with Crippen molar-refractivity contribution in [3.05, 3.63) is 23.9 Å². The standard InChI is InChI=1S/C11H15N5/c1-16-5-10(13-6-16)11-14-8-3-2-7(12)4-9(8)15-11/h5-7H,2-4,12H2,1H3,(H,14,15). The number of nitrogens with zero attached hydrogens (tertiary/aromatic N) is 3. The van der Waals surface area contributed by atoms with Crippen LogP contribution in [0.15, 0.2) is 12.5 Å². The highest BCUT2D eigenvalue weighted by atomic mass is 15.0. The number of rotatable bonds is 1. The minimum Gasteiger partial charge on any atom is -0.340 e. The Hall–Kier alpha value is -1.62. The smallest absolute Gasteiger partial charge is 0.158 e. The largest absolute Gasteiger partial charge is 0.340 e. The van der Waals surface area contributed by atoms with Crippen LogP contribution in [0.1, 0.15) is 17.8 Å². The fraction of sp³-hybridized carbons (Fsp3) is 0.455. The highest BCUT2D eigenvalue weighted by Gasteiger charge is 2.20. The van der Waals surface area contributed by atoms with Crippen molar-refractivity contribution in [3.63, 3.8) is 0 Å². The minimum absolute atomic E-state index is 0.268. The molecule has 84 valence electrons. The molecule has 16 heavy (non-hydrogen) atoms. The Labute approximate surface area is 93.7 Å². The van der Waals surface area contributed by atoms with E-state index in [0.717, 1.165) is 36.5 Å². The van der Waals surface area contributed by atoms with Crippen LogP contribution in [-0.2, 0) is 19.9 Å². The van der Waals surface area contributed by atoms with Crippen LogP contribution in [0.25, 0.3) is 11.5 Å². The van der Waals surface area contributed by atoms with Crippen LogP contribution >= 0.6 is 0 Å². The molecule has 0 spiro atoms. The molecule has 0 fully saturated rings. The van der Waals surface area contributed by atoms with Crippen molar-refractivity contribution in [3.8, 4) is 11.5 Å². The summed E-state index contributed by atoms with van der Waals surface area (Å²) in [5, 5.41) is 0. The highest BCUT2D eigenvalue weighted by Crippen LogP contribution is 2.22. The summed E-state index contributed by atoms with van der Waals surface area (Å²) in [5.41, 5.74) is 9.16. The predicted molar refractivity (Wildman–Crippen MR) is 60.8 cm³/mol. The van der Waals surface area contributed by atoms with Crippen molar-refractivity contribution in [2.24, 2.45) is 12.8 Å². The summed E-state index contributed by atoms with van der Waals surface area (Å²) in [5.74, 6) is 0.861. The molecule has 0 aromatic carbocycles. The maximum atomic E-state index is 5.93. The van der Waals surface area contributed by atoms with E-state index in [1.807, 2.05) is 17.8 Å². The topological polar surface area (TPSA) is 72.5 Å². The van der Waals surface area contributed by atoms with Crippen LogP contribution < -0.4 is 5.73 Å². The van der Waals surface area contributed by atoms with E-state index in [1.165, 1.54) is 5.69 Å². The summed E-state index contributed by atoms with van der Waals surface area (Å²) in [6.07, 6.45) is 6.64. The van der Waals surface area contributed by atoms with Crippen LogP contribution in [0.5, 0.6) is 0 Å². The molecule has 0 amide bonds. The first-order chi connectivity index (χ1) is 7.72. The molecule has 3 rings (SSSR count). The molecule has 0 bridgehead atoms. The van der Waals surface area contributed by atoms with Gasteiger partial charge >= 0.3 is 0 Å². The van der Waals surface area contributed by atoms with Crippen LogP contribution in [0, 0.1) is 0 Å². The van der Waals surface area contributed by atoms with Gasteiger partial charge in [-0.1, -0.05) is 0 Å². The Kier molecular flexibility index (Phi) is 2.07. The number of H-pyrrole nitrogens is 1. The van der Waals surface area contributed by atoms with Crippen LogP contribution in [-0.4, -0.2) is 25.6 Å². The molecule has 1 aliphatic rings. The van der Waals surface area contributed by atoms with Crippen molar-refractivity contribution in [1.29, 1.82) is 0 Å². The van der Waals surface area contributed by atoms with E-state index in [9.17, 15) is 0 Å². The monoisotopic (exact) mass is 217 g/mol. The number of aromatic amines is 1. The number of nitrogens with two attached hydrogens (primary N) is 1. The van der Waals surface area contributed by atoms with Gasteiger partial charge in [0.2, 0.25) is 0 Å². The lowest BCUT2D eigenvalue weighted by Gasteiger charge is -2.15. The number of aromatic nitrogens is 4. The third-order valence-electron chi connectivity index (χ3n) is 3.03. The summed E-state index contributed by atoms with van der Waals surface area (Å²) in [6.45, 7) is 0. The Bertz CT molecular complexity index is 510. The minimum atomic E-state index is 0.268. The first-order valence-corrected chi connectivity index (χ1v) is 5.54. The number of aryl methyl sites for hydroxylation is 2. The number of nitrogens with one attached hydrogen (secondary N) is 1. The predicted octanol–water partition coefficient (Wildman–Crippen LogP) is 0.626. The Morgan fingerprint density at radius 2 is 2.44 bits per heavy atom. The molecule has 2 aromatic rings. The van der Waals surface area contributed by atoms with E-state index in [2.05, 4.69) is 15.0 Å². The number of fused-ring (bicyclic) bond motifs is 1. The van der Waals surface area contributed by atoms with E-state index in [1.54, 1.807) is 6.33 Å². The maximum absolute atomic E-state index is 5.93. The Balaban J connectivity index is 1.98. The average Bonchev–Trinajstić information content (AvgIpc) is 2.83. The van der Waals surface area contributed by atoms with Crippen LogP contribution in [0.3, 0.4) is 0 Å². The van der Waals surface area contributed by atoms with E-state index in [-0.39, 0.29) is 6.04 Å². The second-order valence-electron chi connectivity index (χ2n) is 4.44. The van der Waals surface area contributed by atoms with Gasteiger partial charge in [-0.3, -0.25) is 0 Å². The molecule has 5 heteroatoms. The second-order valence-corrected chi connectivity index (χ2v) is 4.44. The summed E-state index contributed by atoms with van der Waals surface area (Å²) in [7, 11) is 1.95. The molecule has 2 aromatic heterocycles. The first kappa shape index (κ1) is 9.59. The lowest BCUT2D eigenvalue weighted by molar-refractivity contribution is 0.565. The first-order valence-electron chi connectivity index (χ1n) is 5.54. The van der Waals surface area contributed by atoms with Gasteiger partial charge in [-0.2, -0.15) is 0 Å². The maximum Gasteiger partial charge on any atom is 0.158 e. The fourth-order valence-electron chi connectivity index (χ4n) is 2.16. The molecular formula is C11H15N5. The molecule has 1 unspecified atom stereocenters. The number of hydrogen-bond donors (Lipinski definition) is 2. The van der Waals surface area contributed by atoms with E-state index in [0.29, 0.717) is 0 Å². The van der Waals surface area contributed by atoms with Crippen molar-refractivity contribution in [2.75, 3.05) is 0 Å². The Morgan fingerprint density at radius 1 is 1.56 bits per heavy atom. The van der Waals surface area contributed by atoms with Crippen LogP contribution in [0.4, 0.5) is 0 Å². The van der Waals surface area contributed by atoms with Gasteiger partial charge in [0.25, 0.3) is 0 Å².